The SMILES string of the molecule is c1ccc(-c2ccc3c(n2)c2ccc4sc5ccccc5c4c2n3-c2cccc3c2oc2ccccc23)cc1. The molecule has 0 spiro atoms. The third kappa shape index (κ3) is 2.89. The van der Waals surface area contributed by atoms with E-state index in [9.17, 15) is 0 Å². The zero-order chi connectivity index (χ0) is 25.5. The van der Waals surface area contributed by atoms with Crippen molar-refractivity contribution in [3.05, 3.63) is 121 Å². The van der Waals surface area contributed by atoms with E-state index in [4.69, 9.17) is 9.40 Å². The minimum absolute atomic E-state index is 0.890. The number of fused-ring (bicyclic) bond motifs is 10. The van der Waals surface area contributed by atoms with Crippen LogP contribution in [0.4, 0.5) is 0 Å². The van der Waals surface area contributed by atoms with Gasteiger partial charge in [0.05, 0.1) is 27.9 Å². The van der Waals surface area contributed by atoms with Crippen molar-refractivity contribution in [1.29, 1.82) is 0 Å². The Balaban J connectivity index is 1.50. The molecule has 4 heteroatoms. The van der Waals surface area contributed by atoms with Crippen molar-refractivity contribution in [2.45, 2.75) is 0 Å². The highest BCUT2D eigenvalue weighted by molar-refractivity contribution is 7.26. The second-order valence-electron chi connectivity index (χ2n) is 9.95. The van der Waals surface area contributed by atoms with Crippen LogP contribution in [-0.2, 0) is 0 Å². The fourth-order valence-corrected chi connectivity index (χ4v) is 7.21. The molecule has 9 rings (SSSR count). The normalized spacial score (nSPS) is 12.1. The van der Waals surface area contributed by atoms with Crippen LogP contribution in [0.2, 0.25) is 0 Å². The molecular weight excluding hydrogens is 496 g/mol. The molecule has 5 aromatic carbocycles. The average molecular weight is 517 g/mol. The molecule has 0 radical (unpaired) electrons. The number of hydrogen-bond donors (Lipinski definition) is 0. The van der Waals surface area contributed by atoms with Gasteiger partial charge in [0.1, 0.15) is 5.58 Å². The van der Waals surface area contributed by atoms with E-state index in [1.54, 1.807) is 0 Å². The molecule has 0 N–H and O–H groups in total. The number of aromatic nitrogens is 2. The lowest BCUT2D eigenvalue weighted by molar-refractivity contribution is 0.666. The predicted molar refractivity (Wildman–Crippen MR) is 164 cm³/mol. The number of furan rings is 1. The molecule has 182 valence electrons. The van der Waals surface area contributed by atoms with Crippen LogP contribution in [0.15, 0.2) is 126 Å². The van der Waals surface area contributed by atoms with Crippen LogP contribution in [-0.4, -0.2) is 9.55 Å². The van der Waals surface area contributed by atoms with Crippen molar-refractivity contribution in [2.75, 3.05) is 0 Å². The topological polar surface area (TPSA) is 31.0 Å². The van der Waals surface area contributed by atoms with Gasteiger partial charge in [-0.2, -0.15) is 0 Å². The van der Waals surface area contributed by atoms with E-state index in [0.717, 1.165) is 55.3 Å². The van der Waals surface area contributed by atoms with Crippen molar-refractivity contribution in [1.82, 2.24) is 9.55 Å². The van der Waals surface area contributed by atoms with E-state index in [2.05, 4.69) is 108 Å². The van der Waals surface area contributed by atoms with Gasteiger partial charge >= 0.3 is 0 Å². The fourth-order valence-electron chi connectivity index (χ4n) is 6.10. The second kappa shape index (κ2) is 7.79. The summed E-state index contributed by atoms with van der Waals surface area (Å²) in [6.07, 6.45) is 0. The van der Waals surface area contributed by atoms with Gasteiger partial charge in [0.2, 0.25) is 0 Å². The molecule has 0 saturated heterocycles. The van der Waals surface area contributed by atoms with Crippen LogP contribution in [0, 0.1) is 0 Å². The fraction of sp³-hybridized carbons (Fsp3) is 0. The van der Waals surface area contributed by atoms with Crippen LogP contribution in [0.1, 0.15) is 0 Å². The first-order chi connectivity index (χ1) is 19.3. The lowest BCUT2D eigenvalue weighted by atomic mass is 10.1. The van der Waals surface area contributed by atoms with Crippen molar-refractivity contribution >= 4 is 75.4 Å². The van der Waals surface area contributed by atoms with Crippen molar-refractivity contribution < 1.29 is 4.42 Å². The first-order valence-corrected chi connectivity index (χ1v) is 13.9. The molecule has 4 heterocycles. The maximum Gasteiger partial charge on any atom is 0.159 e. The summed E-state index contributed by atoms with van der Waals surface area (Å²) in [5, 5.41) is 5.93. The van der Waals surface area contributed by atoms with E-state index in [0.29, 0.717) is 0 Å². The van der Waals surface area contributed by atoms with E-state index in [1.165, 1.54) is 25.7 Å². The smallest absolute Gasteiger partial charge is 0.159 e. The molecule has 4 aromatic heterocycles. The minimum atomic E-state index is 0.890. The molecule has 0 saturated carbocycles. The Labute approximate surface area is 227 Å². The third-order valence-electron chi connectivity index (χ3n) is 7.80. The highest BCUT2D eigenvalue weighted by Crippen LogP contribution is 2.44. The number of para-hydroxylation sites is 2. The van der Waals surface area contributed by atoms with Gasteiger partial charge in [0.15, 0.2) is 5.58 Å². The largest absolute Gasteiger partial charge is 0.454 e. The summed E-state index contributed by atoms with van der Waals surface area (Å²) in [7, 11) is 0. The molecule has 0 fully saturated rings. The lowest BCUT2D eigenvalue weighted by Crippen LogP contribution is -1.95. The lowest BCUT2D eigenvalue weighted by Gasteiger charge is -2.10. The molecule has 0 bridgehead atoms. The molecule has 0 aliphatic heterocycles. The molecule has 9 aromatic rings. The highest BCUT2D eigenvalue weighted by atomic mass is 32.1. The summed E-state index contributed by atoms with van der Waals surface area (Å²) in [6, 6.07) is 42.7. The van der Waals surface area contributed by atoms with Crippen LogP contribution in [0.25, 0.3) is 81.0 Å². The summed E-state index contributed by atoms with van der Waals surface area (Å²) in [5.41, 5.74) is 8.14. The Bertz CT molecular complexity index is 2390. The number of hydrogen-bond acceptors (Lipinski definition) is 3. The van der Waals surface area contributed by atoms with E-state index >= 15 is 0 Å². The molecule has 0 atom stereocenters. The summed E-state index contributed by atoms with van der Waals surface area (Å²) in [4.78, 5) is 5.27. The maximum absolute atomic E-state index is 6.54. The standard InChI is InChI=1S/C35H20N2OS/c1-2-9-21(10-3-1)26-18-19-27-33(36-26)25-17-20-31-32(24-12-5-7-16-30(24)39-31)34(25)37(27)28-14-8-13-23-22-11-4-6-15-29(22)38-35(23)28/h1-20H. The number of benzene rings is 5. The predicted octanol–water partition coefficient (Wildman–Crippen LogP) is 10.1. The Morgan fingerprint density at radius 3 is 2.31 bits per heavy atom. The van der Waals surface area contributed by atoms with Gasteiger partial charge < -0.3 is 8.98 Å². The molecule has 0 unspecified atom stereocenters. The highest BCUT2D eigenvalue weighted by Gasteiger charge is 2.22. The first-order valence-electron chi connectivity index (χ1n) is 13.1. The number of thiophene rings is 1. The summed E-state index contributed by atoms with van der Waals surface area (Å²) < 4.78 is 11.5. The average Bonchev–Trinajstić information content (AvgIpc) is 3.66. The Kier molecular flexibility index (Phi) is 4.21. The van der Waals surface area contributed by atoms with E-state index < -0.39 is 0 Å². The zero-order valence-corrected chi connectivity index (χ0v) is 21.6. The van der Waals surface area contributed by atoms with Crippen molar-refractivity contribution in [2.24, 2.45) is 0 Å². The van der Waals surface area contributed by atoms with E-state index in [-0.39, 0.29) is 0 Å². The van der Waals surface area contributed by atoms with Gasteiger partial charge in [-0.3, -0.25) is 0 Å². The Hall–Kier alpha value is -4.93. The van der Waals surface area contributed by atoms with Crippen LogP contribution >= 0.6 is 11.3 Å². The van der Waals surface area contributed by atoms with Gasteiger partial charge in [-0.1, -0.05) is 78.9 Å². The maximum atomic E-state index is 6.54. The molecule has 3 nitrogen and oxygen atoms in total. The monoisotopic (exact) mass is 516 g/mol. The van der Waals surface area contributed by atoms with Gasteiger partial charge in [0.25, 0.3) is 0 Å². The van der Waals surface area contributed by atoms with Gasteiger partial charge in [-0.05, 0) is 42.5 Å². The zero-order valence-electron chi connectivity index (χ0n) is 20.8. The molecule has 0 amide bonds. The number of rotatable bonds is 2. The number of nitrogens with zero attached hydrogens (tertiary/aromatic N) is 2. The van der Waals surface area contributed by atoms with Crippen molar-refractivity contribution in [3.8, 4) is 16.9 Å². The van der Waals surface area contributed by atoms with Gasteiger partial charge in [0, 0.05) is 41.9 Å². The van der Waals surface area contributed by atoms with Crippen LogP contribution in [0.5, 0.6) is 0 Å². The summed E-state index contributed by atoms with van der Waals surface area (Å²) in [6.45, 7) is 0. The van der Waals surface area contributed by atoms with Gasteiger partial charge in [-0.15, -0.1) is 11.3 Å². The summed E-state index contributed by atoms with van der Waals surface area (Å²) in [5.74, 6) is 0. The molecular formula is C35H20N2OS. The Morgan fingerprint density at radius 1 is 0.590 bits per heavy atom. The molecule has 0 aliphatic rings. The minimum Gasteiger partial charge on any atom is -0.454 e. The van der Waals surface area contributed by atoms with Crippen LogP contribution in [0.3, 0.4) is 0 Å². The molecule has 0 aliphatic carbocycles. The first kappa shape index (κ1) is 21.1. The summed E-state index contributed by atoms with van der Waals surface area (Å²) >= 11 is 1.84. The van der Waals surface area contributed by atoms with Gasteiger partial charge in [-0.25, -0.2) is 4.98 Å². The third-order valence-corrected chi connectivity index (χ3v) is 8.94. The van der Waals surface area contributed by atoms with Crippen LogP contribution < -0.4 is 0 Å². The molecule has 39 heavy (non-hydrogen) atoms. The van der Waals surface area contributed by atoms with Crippen molar-refractivity contribution in [3.63, 3.8) is 0 Å². The van der Waals surface area contributed by atoms with E-state index in [1.807, 2.05) is 29.5 Å². The second-order valence-corrected chi connectivity index (χ2v) is 11.0. The Morgan fingerprint density at radius 2 is 1.38 bits per heavy atom. The number of pyridine rings is 1. The quantitative estimate of drug-likeness (QED) is 0.229.